The highest BCUT2D eigenvalue weighted by atomic mass is 16.5. The van der Waals surface area contributed by atoms with E-state index in [-0.39, 0.29) is 24.9 Å². The zero-order valence-electron chi connectivity index (χ0n) is 19.6. The first kappa shape index (κ1) is 24.3. The Morgan fingerprint density at radius 2 is 1.58 bits per heavy atom. The minimum atomic E-state index is -1.40. The Bertz CT molecular complexity index is 989. The van der Waals surface area contributed by atoms with E-state index in [9.17, 15) is 19.5 Å². The van der Waals surface area contributed by atoms with Crippen molar-refractivity contribution < 1.29 is 24.2 Å². The second kappa shape index (κ2) is 10.1. The Hall–Kier alpha value is -3.35. The van der Waals surface area contributed by atoms with Crippen LogP contribution >= 0.6 is 0 Å². The summed E-state index contributed by atoms with van der Waals surface area (Å²) < 4.78 is 5.55. The van der Waals surface area contributed by atoms with Gasteiger partial charge >= 0.3 is 12.1 Å². The van der Waals surface area contributed by atoms with Crippen LogP contribution < -0.4 is 10.6 Å². The maximum absolute atomic E-state index is 12.9. The molecule has 7 nitrogen and oxygen atoms in total. The summed E-state index contributed by atoms with van der Waals surface area (Å²) in [6.45, 7) is 7.02. The van der Waals surface area contributed by atoms with Crippen molar-refractivity contribution in [2.24, 2.45) is 5.92 Å². The number of benzene rings is 2. The molecule has 33 heavy (non-hydrogen) atoms. The molecule has 2 atom stereocenters. The average Bonchev–Trinajstić information content (AvgIpc) is 3.09. The van der Waals surface area contributed by atoms with Gasteiger partial charge in [-0.15, -0.1) is 0 Å². The molecule has 2 amide bonds. The van der Waals surface area contributed by atoms with Gasteiger partial charge in [-0.25, -0.2) is 9.59 Å². The normalized spacial score (nSPS) is 15.2. The van der Waals surface area contributed by atoms with Gasteiger partial charge in [0.25, 0.3) is 0 Å². The number of amides is 2. The number of carbonyl (C=O) groups excluding carboxylic acids is 2. The molecule has 2 aromatic rings. The number of hydrogen-bond acceptors (Lipinski definition) is 4. The van der Waals surface area contributed by atoms with Crippen LogP contribution in [0.5, 0.6) is 0 Å². The Labute approximate surface area is 194 Å². The fourth-order valence-corrected chi connectivity index (χ4v) is 4.37. The number of hydrogen-bond donors (Lipinski definition) is 3. The monoisotopic (exact) mass is 452 g/mol. The Morgan fingerprint density at radius 1 is 1.03 bits per heavy atom. The lowest BCUT2D eigenvalue weighted by Crippen LogP contribution is -2.59. The highest BCUT2D eigenvalue weighted by Crippen LogP contribution is 2.44. The van der Waals surface area contributed by atoms with Crippen molar-refractivity contribution >= 4 is 18.0 Å². The van der Waals surface area contributed by atoms with Crippen LogP contribution in [0, 0.1) is 5.92 Å². The first-order valence-corrected chi connectivity index (χ1v) is 11.3. The topological polar surface area (TPSA) is 105 Å². The summed E-state index contributed by atoms with van der Waals surface area (Å²) in [5, 5.41) is 14.8. The molecule has 0 radical (unpaired) electrons. The second-order valence-corrected chi connectivity index (χ2v) is 9.07. The van der Waals surface area contributed by atoms with Crippen molar-refractivity contribution in [3.8, 4) is 11.1 Å². The van der Waals surface area contributed by atoms with Crippen LogP contribution in [0.4, 0.5) is 4.79 Å². The molecule has 0 aromatic heterocycles. The lowest BCUT2D eigenvalue weighted by Gasteiger charge is -2.30. The zero-order valence-corrected chi connectivity index (χ0v) is 19.6. The number of carboxylic acid groups (broad SMARTS) is 1. The largest absolute Gasteiger partial charge is 0.480 e. The van der Waals surface area contributed by atoms with E-state index in [0.29, 0.717) is 6.42 Å². The zero-order chi connectivity index (χ0) is 24.2. The molecule has 2 unspecified atom stereocenters. The second-order valence-electron chi connectivity index (χ2n) is 9.07. The third-order valence-electron chi connectivity index (χ3n) is 6.19. The summed E-state index contributed by atoms with van der Waals surface area (Å²) in [6.07, 6.45) is 0.164. The summed E-state index contributed by atoms with van der Waals surface area (Å²) in [5.74, 6) is -2.00. The van der Waals surface area contributed by atoms with Gasteiger partial charge in [0.1, 0.15) is 18.2 Å². The molecule has 176 valence electrons. The van der Waals surface area contributed by atoms with Gasteiger partial charge in [0.05, 0.1) is 0 Å². The lowest BCUT2D eigenvalue weighted by molar-refractivity contribution is -0.147. The fourth-order valence-electron chi connectivity index (χ4n) is 4.37. The van der Waals surface area contributed by atoms with Gasteiger partial charge in [-0.05, 0) is 41.5 Å². The molecule has 1 aliphatic carbocycles. The number of aliphatic carboxylic acids is 1. The fraction of sp³-hybridized carbons (Fsp3) is 0.423. The Balaban J connectivity index is 1.68. The first-order chi connectivity index (χ1) is 15.7. The molecule has 3 N–H and O–H groups in total. The molecule has 3 rings (SSSR count). The number of carbonyl (C=O) groups is 3. The minimum Gasteiger partial charge on any atom is -0.480 e. The highest BCUT2D eigenvalue weighted by molar-refractivity contribution is 5.91. The van der Waals surface area contributed by atoms with Crippen LogP contribution in [0.25, 0.3) is 11.1 Å². The van der Waals surface area contributed by atoms with Crippen LogP contribution in [-0.2, 0) is 14.3 Å². The lowest BCUT2D eigenvalue weighted by atomic mass is 9.94. The number of carboxylic acids is 1. The van der Waals surface area contributed by atoms with Crippen LogP contribution in [-0.4, -0.2) is 41.3 Å². The summed E-state index contributed by atoms with van der Waals surface area (Å²) in [5.41, 5.74) is 3.06. The molecule has 0 saturated heterocycles. The average molecular weight is 453 g/mol. The number of ether oxygens (including phenoxy) is 1. The van der Waals surface area contributed by atoms with Crippen LogP contribution in [0.2, 0.25) is 0 Å². The highest BCUT2D eigenvalue weighted by Gasteiger charge is 2.37. The summed E-state index contributed by atoms with van der Waals surface area (Å²) in [6, 6.07) is 15.2. The molecule has 7 heteroatoms. The molecule has 0 fully saturated rings. The quantitative estimate of drug-likeness (QED) is 0.526. The van der Waals surface area contributed by atoms with Gasteiger partial charge in [-0.1, -0.05) is 75.7 Å². The Morgan fingerprint density at radius 3 is 2.06 bits per heavy atom. The van der Waals surface area contributed by atoms with Crippen molar-refractivity contribution in [3.63, 3.8) is 0 Å². The van der Waals surface area contributed by atoms with Gasteiger partial charge in [-0.3, -0.25) is 4.79 Å². The molecule has 0 bridgehead atoms. The van der Waals surface area contributed by atoms with Crippen LogP contribution in [0.1, 0.15) is 57.6 Å². The molecule has 0 heterocycles. The van der Waals surface area contributed by atoms with Crippen molar-refractivity contribution in [2.75, 3.05) is 6.61 Å². The summed E-state index contributed by atoms with van der Waals surface area (Å²) in [7, 11) is 0. The summed E-state index contributed by atoms with van der Waals surface area (Å²) >= 11 is 0. The van der Waals surface area contributed by atoms with Gasteiger partial charge in [0, 0.05) is 5.92 Å². The van der Waals surface area contributed by atoms with E-state index in [2.05, 4.69) is 22.8 Å². The van der Waals surface area contributed by atoms with Crippen molar-refractivity contribution in [3.05, 3.63) is 59.7 Å². The van der Waals surface area contributed by atoms with E-state index in [4.69, 9.17) is 4.74 Å². The van der Waals surface area contributed by atoms with E-state index in [1.54, 1.807) is 13.8 Å². The molecule has 0 aliphatic heterocycles. The van der Waals surface area contributed by atoms with E-state index < -0.39 is 29.6 Å². The predicted molar refractivity (Wildman–Crippen MR) is 126 cm³/mol. The standard InChI is InChI=1S/C26H32N2O5/c1-5-14-26(4,24(30)31)28-23(29)22(16(2)3)27-25(32)33-15-21-19-12-8-6-10-17(19)18-11-7-9-13-20(18)21/h6-13,16,21-22H,5,14-15H2,1-4H3,(H,27,32)(H,28,29)(H,30,31). The number of nitrogens with one attached hydrogen (secondary N) is 2. The van der Waals surface area contributed by atoms with E-state index in [0.717, 1.165) is 22.3 Å². The molecule has 0 spiro atoms. The van der Waals surface area contributed by atoms with Gasteiger partial charge in [-0.2, -0.15) is 0 Å². The number of rotatable bonds is 9. The van der Waals surface area contributed by atoms with Crippen LogP contribution in [0.3, 0.4) is 0 Å². The van der Waals surface area contributed by atoms with Crippen molar-refractivity contribution in [2.45, 2.75) is 58.0 Å². The number of fused-ring (bicyclic) bond motifs is 3. The molecule has 1 aliphatic rings. The molecular weight excluding hydrogens is 420 g/mol. The Kier molecular flexibility index (Phi) is 7.41. The minimum absolute atomic E-state index is 0.0886. The number of alkyl carbamates (subject to hydrolysis) is 1. The first-order valence-electron chi connectivity index (χ1n) is 11.3. The van der Waals surface area contributed by atoms with E-state index in [1.807, 2.05) is 43.3 Å². The maximum Gasteiger partial charge on any atom is 0.407 e. The SMILES string of the molecule is CCCC(C)(NC(=O)C(NC(=O)OCC1c2ccccc2-c2ccccc21)C(C)C)C(=O)O. The van der Waals surface area contributed by atoms with Gasteiger partial charge in [0.15, 0.2) is 0 Å². The van der Waals surface area contributed by atoms with E-state index in [1.165, 1.54) is 6.92 Å². The predicted octanol–water partition coefficient (Wildman–Crippen LogP) is 4.31. The smallest absolute Gasteiger partial charge is 0.407 e. The van der Waals surface area contributed by atoms with Gasteiger partial charge < -0.3 is 20.5 Å². The molecule has 0 saturated carbocycles. The van der Waals surface area contributed by atoms with Gasteiger partial charge in [0.2, 0.25) is 5.91 Å². The summed E-state index contributed by atoms with van der Waals surface area (Å²) in [4.78, 5) is 37.2. The molecular formula is C26H32N2O5. The van der Waals surface area contributed by atoms with E-state index >= 15 is 0 Å². The van der Waals surface area contributed by atoms with Crippen LogP contribution in [0.15, 0.2) is 48.5 Å². The van der Waals surface area contributed by atoms with Crippen molar-refractivity contribution in [1.29, 1.82) is 0 Å². The van der Waals surface area contributed by atoms with Crippen molar-refractivity contribution in [1.82, 2.24) is 10.6 Å². The molecule has 2 aromatic carbocycles. The third-order valence-corrected chi connectivity index (χ3v) is 6.19. The third kappa shape index (κ3) is 5.18. The maximum atomic E-state index is 12.9.